The first-order valence-corrected chi connectivity index (χ1v) is 10.9. The Kier molecular flexibility index (Phi) is 8.42. The third-order valence-corrected chi connectivity index (χ3v) is 5.83. The molecule has 0 saturated carbocycles. The zero-order valence-corrected chi connectivity index (χ0v) is 18.5. The van der Waals surface area contributed by atoms with Crippen molar-refractivity contribution >= 4 is 29.3 Å². The number of rotatable bonds is 9. The Bertz CT molecular complexity index is 950. The molecule has 1 aliphatic rings. The highest BCUT2D eigenvalue weighted by molar-refractivity contribution is 6.34. The standard InChI is InChI=1S/C21H30ClN7O2/c1-14-4-2-5-17(18(14)22)26-21(31)28-20-25-12-15(19(30)27-20)6-10-29-11-7-16(13-29)24-9-3-8-23/h2,4-5,12,16,24H,3,6-11,13,23H2,1H3,(H3,25,26,27,28,30,31)/t16-/m1/s1. The molecule has 0 unspecified atom stereocenters. The third kappa shape index (κ3) is 6.76. The maximum Gasteiger partial charge on any atom is 0.326 e. The van der Waals surface area contributed by atoms with Gasteiger partial charge in [-0.05, 0) is 57.5 Å². The molecule has 3 rings (SSSR count). The van der Waals surface area contributed by atoms with E-state index in [1.165, 1.54) is 0 Å². The van der Waals surface area contributed by atoms with Gasteiger partial charge in [0.2, 0.25) is 5.95 Å². The molecule has 1 saturated heterocycles. The second-order valence-electron chi connectivity index (χ2n) is 7.73. The first kappa shape index (κ1) is 23.2. The van der Waals surface area contributed by atoms with Crippen LogP contribution in [-0.4, -0.2) is 59.7 Å². The molecule has 10 heteroatoms. The van der Waals surface area contributed by atoms with E-state index in [2.05, 4.69) is 30.8 Å². The molecule has 1 atom stereocenters. The van der Waals surface area contributed by atoms with Crippen molar-refractivity contribution in [2.24, 2.45) is 5.73 Å². The number of likely N-dealkylation sites (tertiary alicyclic amines) is 1. The van der Waals surface area contributed by atoms with Crippen molar-refractivity contribution in [2.45, 2.75) is 32.2 Å². The number of benzene rings is 1. The van der Waals surface area contributed by atoms with Gasteiger partial charge in [-0.3, -0.25) is 10.1 Å². The minimum Gasteiger partial charge on any atom is -0.332 e. The van der Waals surface area contributed by atoms with Gasteiger partial charge >= 0.3 is 6.03 Å². The summed E-state index contributed by atoms with van der Waals surface area (Å²) in [6.45, 7) is 6.26. The molecule has 31 heavy (non-hydrogen) atoms. The highest BCUT2D eigenvalue weighted by Crippen LogP contribution is 2.25. The number of hydrogen-bond donors (Lipinski definition) is 5. The number of hydrogen-bond acceptors (Lipinski definition) is 6. The van der Waals surface area contributed by atoms with E-state index in [1.54, 1.807) is 18.3 Å². The summed E-state index contributed by atoms with van der Waals surface area (Å²) in [5.41, 5.74) is 7.11. The summed E-state index contributed by atoms with van der Waals surface area (Å²) in [6, 6.07) is 5.29. The number of anilines is 2. The lowest BCUT2D eigenvalue weighted by Gasteiger charge is -2.16. The van der Waals surface area contributed by atoms with Crippen molar-refractivity contribution in [1.29, 1.82) is 0 Å². The molecule has 1 aliphatic heterocycles. The molecule has 1 aromatic carbocycles. The minimum absolute atomic E-state index is 0.0837. The number of urea groups is 1. The van der Waals surface area contributed by atoms with Gasteiger partial charge in [-0.1, -0.05) is 23.7 Å². The number of H-pyrrole nitrogens is 1. The summed E-state index contributed by atoms with van der Waals surface area (Å²) in [7, 11) is 0. The van der Waals surface area contributed by atoms with Crippen LogP contribution >= 0.6 is 11.6 Å². The first-order chi connectivity index (χ1) is 15.0. The number of nitrogens with one attached hydrogen (secondary N) is 4. The average Bonchev–Trinajstić information content (AvgIpc) is 3.19. The van der Waals surface area contributed by atoms with Gasteiger partial charge in [0.25, 0.3) is 5.56 Å². The number of aromatic amines is 1. The van der Waals surface area contributed by atoms with Crippen molar-refractivity contribution in [3.05, 3.63) is 50.9 Å². The smallest absolute Gasteiger partial charge is 0.326 e. The number of nitrogens with zero attached hydrogens (tertiary/aromatic N) is 2. The van der Waals surface area contributed by atoms with Crippen LogP contribution in [0.25, 0.3) is 0 Å². The number of carbonyl (C=O) groups excluding carboxylic acids is 1. The quantitative estimate of drug-likeness (QED) is 0.374. The summed E-state index contributed by atoms with van der Waals surface area (Å²) in [6.07, 6.45) is 4.29. The summed E-state index contributed by atoms with van der Waals surface area (Å²) in [5.74, 6) is 0.0837. The summed E-state index contributed by atoms with van der Waals surface area (Å²) >= 11 is 6.19. The zero-order chi connectivity index (χ0) is 22.2. The van der Waals surface area contributed by atoms with Crippen molar-refractivity contribution < 1.29 is 4.79 Å². The molecule has 9 nitrogen and oxygen atoms in total. The molecule has 2 amide bonds. The van der Waals surface area contributed by atoms with Crippen LogP contribution in [0.15, 0.2) is 29.2 Å². The van der Waals surface area contributed by atoms with Gasteiger partial charge in [0, 0.05) is 30.9 Å². The van der Waals surface area contributed by atoms with Gasteiger partial charge in [-0.25, -0.2) is 4.79 Å². The fraction of sp³-hybridized carbons (Fsp3) is 0.476. The Balaban J connectivity index is 1.48. The topological polar surface area (TPSA) is 128 Å². The molecular weight excluding hydrogens is 418 g/mol. The van der Waals surface area contributed by atoms with E-state index in [4.69, 9.17) is 17.3 Å². The van der Waals surface area contributed by atoms with Crippen LogP contribution in [0.1, 0.15) is 24.0 Å². The van der Waals surface area contributed by atoms with Crippen LogP contribution in [0.5, 0.6) is 0 Å². The maximum absolute atomic E-state index is 12.4. The molecular formula is C21H30ClN7O2. The molecule has 2 heterocycles. The van der Waals surface area contributed by atoms with Crippen LogP contribution in [0.2, 0.25) is 5.02 Å². The van der Waals surface area contributed by atoms with Gasteiger partial charge < -0.3 is 26.3 Å². The fourth-order valence-electron chi connectivity index (χ4n) is 3.56. The number of nitrogens with two attached hydrogens (primary N) is 1. The lowest BCUT2D eigenvalue weighted by Crippen LogP contribution is -2.34. The Morgan fingerprint density at radius 3 is 3.00 bits per heavy atom. The van der Waals surface area contributed by atoms with Crippen LogP contribution in [-0.2, 0) is 6.42 Å². The van der Waals surface area contributed by atoms with E-state index in [0.29, 0.717) is 35.3 Å². The Morgan fingerprint density at radius 2 is 2.23 bits per heavy atom. The summed E-state index contributed by atoms with van der Waals surface area (Å²) in [5, 5.41) is 9.17. The van der Waals surface area contributed by atoms with Gasteiger partial charge in [-0.15, -0.1) is 0 Å². The number of aromatic nitrogens is 2. The second kappa shape index (κ2) is 11.2. The normalized spacial score (nSPS) is 16.4. The van der Waals surface area contributed by atoms with Crippen molar-refractivity contribution in [2.75, 3.05) is 43.4 Å². The number of halogens is 1. The number of aryl methyl sites for hydroxylation is 1. The molecule has 0 bridgehead atoms. The predicted molar refractivity (Wildman–Crippen MR) is 124 cm³/mol. The van der Waals surface area contributed by atoms with Crippen molar-refractivity contribution in [3.63, 3.8) is 0 Å². The SMILES string of the molecule is Cc1cccc(NC(=O)Nc2nc(=O)c(CCN3CC[C@@H](NCCCN)C3)c[nH]2)c1Cl. The third-order valence-electron chi connectivity index (χ3n) is 5.33. The summed E-state index contributed by atoms with van der Waals surface area (Å²) in [4.78, 5) is 33.7. The highest BCUT2D eigenvalue weighted by atomic mass is 35.5. The first-order valence-electron chi connectivity index (χ1n) is 10.5. The van der Waals surface area contributed by atoms with E-state index < -0.39 is 6.03 Å². The monoisotopic (exact) mass is 447 g/mol. The largest absolute Gasteiger partial charge is 0.332 e. The van der Waals surface area contributed by atoms with Crippen LogP contribution < -0.4 is 27.2 Å². The molecule has 0 aliphatic carbocycles. The summed E-state index contributed by atoms with van der Waals surface area (Å²) < 4.78 is 0. The maximum atomic E-state index is 12.4. The number of amides is 2. The minimum atomic E-state index is -0.534. The van der Waals surface area contributed by atoms with E-state index in [0.717, 1.165) is 44.6 Å². The van der Waals surface area contributed by atoms with Crippen LogP contribution in [0.4, 0.5) is 16.4 Å². The Labute approximate surface area is 186 Å². The lowest BCUT2D eigenvalue weighted by molar-refractivity contribution is 0.262. The molecule has 0 radical (unpaired) electrons. The van der Waals surface area contributed by atoms with Crippen molar-refractivity contribution in [3.8, 4) is 0 Å². The Morgan fingerprint density at radius 1 is 1.39 bits per heavy atom. The molecule has 1 fully saturated rings. The number of carbonyl (C=O) groups is 1. The van der Waals surface area contributed by atoms with Crippen LogP contribution in [0, 0.1) is 6.92 Å². The van der Waals surface area contributed by atoms with E-state index in [-0.39, 0.29) is 11.5 Å². The lowest BCUT2D eigenvalue weighted by atomic mass is 10.2. The zero-order valence-electron chi connectivity index (χ0n) is 17.7. The average molecular weight is 448 g/mol. The van der Waals surface area contributed by atoms with Gasteiger partial charge in [0.1, 0.15) is 0 Å². The van der Waals surface area contributed by atoms with Crippen LogP contribution in [0.3, 0.4) is 0 Å². The fourth-order valence-corrected chi connectivity index (χ4v) is 3.73. The molecule has 168 valence electrons. The Hall–Kier alpha value is -2.46. The van der Waals surface area contributed by atoms with Gasteiger partial charge in [0.05, 0.1) is 10.7 Å². The molecule has 1 aromatic heterocycles. The second-order valence-corrected chi connectivity index (χ2v) is 8.11. The highest BCUT2D eigenvalue weighted by Gasteiger charge is 2.21. The molecule has 2 aromatic rings. The van der Waals surface area contributed by atoms with E-state index >= 15 is 0 Å². The van der Waals surface area contributed by atoms with Gasteiger partial charge in [-0.2, -0.15) is 4.98 Å². The van der Waals surface area contributed by atoms with E-state index in [1.807, 2.05) is 13.0 Å². The molecule has 0 spiro atoms. The van der Waals surface area contributed by atoms with Gasteiger partial charge in [0.15, 0.2) is 0 Å². The predicted octanol–water partition coefficient (Wildman–Crippen LogP) is 1.93. The van der Waals surface area contributed by atoms with Crippen molar-refractivity contribution in [1.82, 2.24) is 20.2 Å². The molecule has 6 N–H and O–H groups in total. The van der Waals surface area contributed by atoms with E-state index in [9.17, 15) is 9.59 Å².